The molecule has 0 bridgehead atoms. The zero-order chi connectivity index (χ0) is 18.4. The van der Waals surface area contributed by atoms with E-state index in [-0.39, 0.29) is 24.4 Å². The van der Waals surface area contributed by atoms with E-state index in [1.165, 1.54) is 20.8 Å². The Morgan fingerprint density at radius 1 is 0.826 bits per heavy atom. The number of esters is 3. The molecule has 0 rings (SSSR count). The molecule has 0 aromatic heterocycles. The minimum Gasteiger partial charge on any atom is -0.461 e. The van der Waals surface area contributed by atoms with Gasteiger partial charge in [-0.1, -0.05) is 13.2 Å². The Bertz CT molecular complexity index is 480. The van der Waals surface area contributed by atoms with Crippen LogP contribution in [-0.4, -0.2) is 36.7 Å². The van der Waals surface area contributed by atoms with Gasteiger partial charge in [0, 0.05) is 11.1 Å². The maximum absolute atomic E-state index is 12.4. The standard InChI is InChI=1S/C17H26O6/c1-11(2)13(18)21-9-17(8,10-22-14(19)12(3)4)15(20)23-16(5,6)7/h1,3,9-10H2,2,4-8H3. The van der Waals surface area contributed by atoms with Crippen molar-refractivity contribution in [2.75, 3.05) is 13.2 Å². The third-order valence-electron chi connectivity index (χ3n) is 2.63. The lowest BCUT2D eigenvalue weighted by Crippen LogP contribution is -2.43. The average Bonchev–Trinajstić information content (AvgIpc) is 2.39. The molecule has 0 heterocycles. The largest absolute Gasteiger partial charge is 0.461 e. The van der Waals surface area contributed by atoms with E-state index in [0.717, 1.165) is 0 Å². The van der Waals surface area contributed by atoms with Gasteiger partial charge in [-0.15, -0.1) is 0 Å². The SMILES string of the molecule is C=C(C)C(=O)OCC(C)(COC(=O)C(=C)C)C(=O)OC(C)(C)C. The predicted octanol–water partition coefficient (Wildman–Crippen LogP) is 2.57. The lowest BCUT2D eigenvalue weighted by Gasteiger charge is -2.30. The number of carbonyl (C=O) groups is 3. The zero-order valence-corrected chi connectivity index (χ0v) is 14.8. The molecule has 6 heteroatoms. The molecule has 0 saturated heterocycles. The van der Waals surface area contributed by atoms with Crippen molar-refractivity contribution < 1.29 is 28.6 Å². The van der Waals surface area contributed by atoms with E-state index in [0.29, 0.717) is 0 Å². The second-order valence-electron chi connectivity index (χ2n) is 6.78. The fourth-order valence-corrected chi connectivity index (χ4v) is 1.26. The minimum atomic E-state index is -1.33. The Hall–Kier alpha value is -2.11. The summed E-state index contributed by atoms with van der Waals surface area (Å²) in [6.07, 6.45) is 0. The second-order valence-corrected chi connectivity index (χ2v) is 6.78. The van der Waals surface area contributed by atoms with E-state index in [1.807, 2.05) is 0 Å². The monoisotopic (exact) mass is 326 g/mol. The van der Waals surface area contributed by atoms with Crippen molar-refractivity contribution in [2.45, 2.75) is 47.1 Å². The van der Waals surface area contributed by atoms with Crippen LogP contribution in [0, 0.1) is 5.41 Å². The molecule has 0 aliphatic carbocycles. The van der Waals surface area contributed by atoms with Crippen molar-refractivity contribution in [1.29, 1.82) is 0 Å². The molecule has 0 aromatic carbocycles. The Labute approximate surface area is 137 Å². The Balaban J connectivity index is 5.13. The van der Waals surface area contributed by atoms with Crippen LogP contribution in [-0.2, 0) is 28.6 Å². The summed E-state index contributed by atoms with van der Waals surface area (Å²) in [6.45, 7) is 16.0. The summed E-state index contributed by atoms with van der Waals surface area (Å²) in [5.74, 6) is -1.90. The van der Waals surface area contributed by atoms with Gasteiger partial charge in [0.15, 0.2) is 0 Å². The molecule has 0 unspecified atom stereocenters. The summed E-state index contributed by atoms with van der Waals surface area (Å²) in [6, 6.07) is 0. The summed E-state index contributed by atoms with van der Waals surface area (Å²) >= 11 is 0. The lowest BCUT2D eigenvalue weighted by molar-refractivity contribution is -0.177. The fraction of sp³-hybridized carbons (Fsp3) is 0.588. The molecule has 6 nitrogen and oxygen atoms in total. The average molecular weight is 326 g/mol. The molecule has 0 aromatic rings. The summed E-state index contributed by atoms with van der Waals surface area (Å²) < 4.78 is 15.4. The number of hydrogen-bond acceptors (Lipinski definition) is 6. The van der Waals surface area contributed by atoms with E-state index in [2.05, 4.69) is 13.2 Å². The van der Waals surface area contributed by atoms with E-state index in [1.54, 1.807) is 20.8 Å². The zero-order valence-electron chi connectivity index (χ0n) is 14.8. The van der Waals surface area contributed by atoms with Gasteiger partial charge in [0.1, 0.15) is 24.2 Å². The smallest absolute Gasteiger partial charge is 0.333 e. The highest BCUT2D eigenvalue weighted by atomic mass is 16.6. The van der Waals surface area contributed by atoms with Gasteiger partial charge in [0.05, 0.1) is 0 Å². The Kier molecular flexibility index (Phi) is 7.22. The minimum absolute atomic E-state index is 0.204. The molecule has 130 valence electrons. The van der Waals surface area contributed by atoms with Crippen LogP contribution in [0.5, 0.6) is 0 Å². The Morgan fingerprint density at radius 3 is 1.43 bits per heavy atom. The van der Waals surface area contributed by atoms with Crippen LogP contribution in [0.25, 0.3) is 0 Å². The van der Waals surface area contributed by atoms with Crippen LogP contribution in [0.1, 0.15) is 41.5 Å². The van der Waals surface area contributed by atoms with Crippen molar-refractivity contribution in [3.8, 4) is 0 Å². The molecular formula is C17H26O6. The number of rotatable bonds is 7. The molecule has 0 radical (unpaired) electrons. The quantitative estimate of drug-likeness (QED) is 0.406. The van der Waals surface area contributed by atoms with Gasteiger partial charge < -0.3 is 14.2 Å². The molecule has 0 amide bonds. The summed E-state index contributed by atoms with van der Waals surface area (Å²) in [4.78, 5) is 35.5. The van der Waals surface area contributed by atoms with Gasteiger partial charge in [-0.25, -0.2) is 9.59 Å². The van der Waals surface area contributed by atoms with Crippen LogP contribution in [0.4, 0.5) is 0 Å². The van der Waals surface area contributed by atoms with Crippen LogP contribution in [0.15, 0.2) is 24.3 Å². The van der Waals surface area contributed by atoms with Gasteiger partial charge in [0.25, 0.3) is 0 Å². The van der Waals surface area contributed by atoms with E-state index >= 15 is 0 Å². The number of carbonyl (C=O) groups excluding carboxylic acids is 3. The van der Waals surface area contributed by atoms with Gasteiger partial charge in [-0.05, 0) is 41.5 Å². The third kappa shape index (κ3) is 7.63. The highest BCUT2D eigenvalue weighted by molar-refractivity contribution is 5.88. The maximum Gasteiger partial charge on any atom is 0.333 e. The van der Waals surface area contributed by atoms with Crippen molar-refractivity contribution >= 4 is 17.9 Å². The normalized spacial score (nSPS) is 11.4. The molecule has 0 spiro atoms. The maximum atomic E-state index is 12.4. The molecule has 0 aliphatic rings. The lowest BCUT2D eigenvalue weighted by atomic mass is 9.92. The first-order valence-corrected chi connectivity index (χ1v) is 7.17. The fourth-order valence-electron chi connectivity index (χ4n) is 1.26. The highest BCUT2D eigenvalue weighted by Crippen LogP contribution is 2.24. The van der Waals surface area contributed by atoms with Crippen LogP contribution in [0.3, 0.4) is 0 Å². The van der Waals surface area contributed by atoms with Gasteiger partial charge >= 0.3 is 17.9 Å². The van der Waals surface area contributed by atoms with Crippen molar-refractivity contribution in [3.63, 3.8) is 0 Å². The summed E-state index contributed by atoms with van der Waals surface area (Å²) in [5, 5.41) is 0. The molecule has 0 aliphatic heterocycles. The van der Waals surface area contributed by atoms with E-state index < -0.39 is 28.9 Å². The first-order valence-electron chi connectivity index (χ1n) is 7.17. The molecule has 0 atom stereocenters. The van der Waals surface area contributed by atoms with Gasteiger partial charge in [-0.2, -0.15) is 0 Å². The van der Waals surface area contributed by atoms with Crippen molar-refractivity contribution in [1.82, 2.24) is 0 Å². The molecule has 0 N–H and O–H groups in total. The van der Waals surface area contributed by atoms with Crippen LogP contribution in [0.2, 0.25) is 0 Å². The van der Waals surface area contributed by atoms with Crippen LogP contribution >= 0.6 is 0 Å². The van der Waals surface area contributed by atoms with Gasteiger partial charge in [0.2, 0.25) is 0 Å². The first-order chi connectivity index (χ1) is 10.3. The predicted molar refractivity (Wildman–Crippen MR) is 85.5 cm³/mol. The summed E-state index contributed by atoms with van der Waals surface area (Å²) in [5.41, 5.74) is -1.65. The van der Waals surface area contributed by atoms with E-state index in [9.17, 15) is 14.4 Å². The van der Waals surface area contributed by atoms with E-state index in [4.69, 9.17) is 14.2 Å². The van der Waals surface area contributed by atoms with Crippen molar-refractivity contribution in [3.05, 3.63) is 24.3 Å². The first kappa shape index (κ1) is 20.9. The molecule has 23 heavy (non-hydrogen) atoms. The highest BCUT2D eigenvalue weighted by Gasteiger charge is 2.40. The summed E-state index contributed by atoms with van der Waals surface area (Å²) in [7, 11) is 0. The molecule has 0 fully saturated rings. The third-order valence-corrected chi connectivity index (χ3v) is 2.63. The molecular weight excluding hydrogens is 300 g/mol. The number of ether oxygens (including phenoxy) is 3. The molecule has 0 saturated carbocycles. The second kappa shape index (κ2) is 7.94. The number of hydrogen-bond donors (Lipinski definition) is 0. The van der Waals surface area contributed by atoms with Crippen LogP contribution < -0.4 is 0 Å². The van der Waals surface area contributed by atoms with Crippen molar-refractivity contribution in [2.24, 2.45) is 5.41 Å². The topological polar surface area (TPSA) is 78.9 Å². The Morgan fingerprint density at radius 2 is 1.17 bits per heavy atom. The van der Waals surface area contributed by atoms with Gasteiger partial charge in [-0.3, -0.25) is 4.79 Å².